The molecule has 0 radical (unpaired) electrons. The van der Waals surface area contributed by atoms with Crippen LogP contribution in [0.5, 0.6) is 5.75 Å². The Morgan fingerprint density at radius 3 is 2.32 bits per heavy atom. The summed E-state index contributed by atoms with van der Waals surface area (Å²) < 4.78 is 5.39. The van der Waals surface area contributed by atoms with Crippen molar-refractivity contribution in [3.63, 3.8) is 0 Å². The number of hydrogen-bond acceptors (Lipinski definition) is 6. The van der Waals surface area contributed by atoms with E-state index in [0.717, 1.165) is 44.6 Å². The number of nitrogens with zero attached hydrogens (tertiary/aromatic N) is 3. The van der Waals surface area contributed by atoms with Crippen LogP contribution in [0, 0.1) is 20.8 Å². The Balaban J connectivity index is 1.34. The lowest BCUT2D eigenvalue weighted by molar-refractivity contribution is 0.0696. The van der Waals surface area contributed by atoms with Gasteiger partial charge in [0.25, 0.3) is 5.91 Å². The maximum absolute atomic E-state index is 12.9. The number of rotatable bonds is 11. The first-order chi connectivity index (χ1) is 19.7. The number of methoxy groups -OCH3 is 1. The van der Waals surface area contributed by atoms with Gasteiger partial charge >= 0.3 is 5.97 Å². The van der Waals surface area contributed by atoms with E-state index in [1.165, 1.54) is 16.8 Å². The Kier molecular flexibility index (Phi) is 10.00. The number of carboxylic acids is 1. The van der Waals surface area contributed by atoms with Crippen molar-refractivity contribution in [1.29, 1.82) is 0 Å². The van der Waals surface area contributed by atoms with E-state index in [1.807, 2.05) is 24.5 Å². The van der Waals surface area contributed by atoms with Gasteiger partial charge in [-0.05, 0) is 112 Å². The van der Waals surface area contributed by atoms with E-state index >= 15 is 0 Å². The number of ether oxygens (including phenoxy) is 1. The molecule has 4 rings (SSSR count). The number of aromatic carboxylic acids is 1. The molecule has 1 fully saturated rings. The topological polar surface area (TPSA) is 95.0 Å². The molecule has 1 unspecified atom stereocenters. The van der Waals surface area contributed by atoms with Crippen LogP contribution in [0.3, 0.4) is 0 Å². The number of carboxylic acid groups (broad SMARTS) is 1. The predicted octanol–water partition coefficient (Wildman–Crippen LogP) is 5.39. The number of aryl methyl sites for hydroxylation is 3. The second-order valence-electron chi connectivity index (χ2n) is 11.1. The molecule has 41 heavy (non-hydrogen) atoms. The van der Waals surface area contributed by atoms with Gasteiger partial charge in [0.1, 0.15) is 5.75 Å². The molecule has 0 bridgehead atoms. The average Bonchev–Trinajstić information content (AvgIpc) is 2.96. The second kappa shape index (κ2) is 13.6. The molecule has 2 N–H and O–H groups in total. The molecule has 0 spiro atoms. The van der Waals surface area contributed by atoms with Gasteiger partial charge in [0.05, 0.1) is 12.7 Å². The van der Waals surface area contributed by atoms with E-state index in [0.29, 0.717) is 35.3 Å². The normalized spacial score (nSPS) is 14.9. The molecule has 1 aromatic heterocycles. The van der Waals surface area contributed by atoms with Crippen molar-refractivity contribution in [2.75, 3.05) is 31.6 Å². The minimum absolute atomic E-state index is 0.149. The lowest BCUT2D eigenvalue weighted by atomic mass is 9.98. The Hall–Kier alpha value is -3.91. The summed E-state index contributed by atoms with van der Waals surface area (Å²) in [6.07, 6.45) is 6.77. The van der Waals surface area contributed by atoms with Crippen molar-refractivity contribution in [3.8, 4) is 5.75 Å². The van der Waals surface area contributed by atoms with Gasteiger partial charge in [-0.3, -0.25) is 9.78 Å². The Morgan fingerprint density at radius 2 is 1.73 bits per heavy atom. The Bertz CT molecular complexity index is 1330. The summed E-state index contributed by atoms with van der Waals surface area (Å²) in [5.41, 5.74) is 5.79. The quantitative estimate of drug-likeness (QED) is 0.326. The van der Waals surface area contributed by atoms with Crippen LogP contribution in [-0.4, -0.2) is 65.7 Å². The minimum atomic E-state index is -0.986. The molecule has 8 heteroatoms. The second-order valence-corrected chi connectivity index (χ2v) is 11.1. The van der Waals surface area contributed by atoms with Gasteiger partial charge in [0.2, 0.25) is 0 Å². The standard InChI is InChI=1S/C33H42N4O4/c1-22-10-14-34-20-27(22)21-37(28-6-8-30(41-5)9-7-28)29-12-16-36(17-13-29)25(4)11-15-35-32(38)31-23(2)18-26(33(39)40)19-24(31)3/h6-10,14,18-20,25,29H,11-13,15-17,21H2,1-5H3,(H,35,38)(H,39,40). The predicted molar refractivity (Wildman–Crippen MR) is 162 cm³/mol. The number of aromatic nitrogens is 1. The number of carbonyl (C=O) groups excluding carboxylic acids is 1. The molecule has 218 valence electrons. The summed E-state index contributed by atoms with van der Waals surface area (Å²) in [5.74, 6) is -0.284. The van der Waals surface area contributed by atoms with Crippen LogP contribution in [0.2, 0.25) is 0 Å². The van der Waals surface area contributed by atoms with Crippen LogP contribution in [0.4, 0.5) is 5.69 Å². The van der Waals surface area contributed by atoms with E-state index in [-0.39, 0.29) is 11.5 Å². The first-order valence-corrected chi connectivity index (χ1v) is 14.3. The maximum atomic E-state index is 12.9. The fourth-order valence-electron chi connectivity index (χ4n) is 5.80. The first-order valence-electron chi connectivity index (χ1n) is 14.3. The number of likely N-dealkylation sites (tertiary alicyclic amines) is 1. The van der Waals surface area contributed by atoms with Gasteiger partial charge in [-0.1, -0.05) is 0 Å². The summed E-state index contributed by atoms with van der Waals surface area (Å²) in [6.45, 7) is 11.3. The van der Waals surface area contributed by atoms with E-state index < -0.39 is 5.97 Å². The fraction of sp³-hybridized carbons (Fsp3) is 0.424. The largest absolute Gasteiger partial charge is 0.497 e. The fourth-order valence-corrected chi connectivity index (χ4v) is 5.80. The minimum Gasteiger partial charge on any atom is -0.497 e. The van der Waals surface area contributed by atoms with Crippen LogP contribution in [-0.2, 0) is 6.54 Å². The van der Waals surface area contributed by atoms with E-state index in [4.69, 9.17) is 4.74 Å². The molecular weight excluding hydrogens is 516 g/mol. The van der Waals surface area contributed by atoms with Crippen LogP contribution in [0.1, 0.15) is 69.2 Å². The SMILES string of the molecule is COc1ccc(N(Cc2cnccc2C)C2CCN(C(C)CCNC(=O)c3c(C)cc(C(=O)O)cc3C)CC2)cc1. The number of anilines is 1. The van der Waals surface area contributed by atoms with Gasteiger partial charge in [-0.2, -0.15) is 0 Å². The molecular formula is C33H42N4O4. The Labute approximate surface area is 243 Å². The van der Waals surface area contributed by atoms with E-state index in [2.05, 4.69) is 52.1 Å². The van der Waals surface area contributed by atoms with E-state index in [1.54, 1.807) is 33.1 Å². The van der Waals surface area contributed by atoms with Crippen molar-refractivity contribution >= 4 is 17.6 Å². The monoisotopic (exact) mass is 558 g/mol. The lowest BCUT2D eigenvalue weighted by Crippen LogP contribution is -2.48. The first kappa shape index (κ1) is 30.1. The number of carbonyl (C=O) groups is 2. The highest BCUT2D eigenvalue weighted by Gasteiger charge is 2.28. The average molecular weight is 559 g/mol. The van der Waals surface area contributed by atoms with Gasteiger partial charge in [-0.25, -0.2) is 4.79 Å². The maximum Gasteiger partial charge on any atom is 0.335 e. The molecule has 0 aliphatic carbocycles. The van der Waals surface area contributed by atoms with Crippen molar-refractivity contribution in [2.24, 2.45) is 0 Å². The van der Waals surface area contributed by atoms with Gasteiger partial charge in [0.15, 0.2) is 0 Å². The lowest BCUT2D eigenvalue weighted by Gasteiger charge is -2.42. The molecule has 1 aliphatic heterocycles. The van der Waals surface area contributed by atoms with Crippen LogP contribution in [0.25, 0.3) is 0 Å². The van der Waals surface area contributed by atoms with Crippen LogP contribution >= 0.6 is 0 Å². The third-order valence-electron chi connectivity index (χ3n) is 8.31. The molecule has 8 nitrogen and oxygen atoms in total. The molecule has 2 aromatic carbocycles. The molecule has 1 saturated heterocycles. The van der Waals surface area contributed by atoms with Crippen molar-refractivity contribution in [3.05, 3.63) is 88.2 Å². The molecule has 0 saturated carbocycles. The summed E-state index contributed by atoms with van der Waals surface area (Å²) in [4.78, 5) is 33.6. The number of piperidine rings is 1. The van der Waals surface area contributed by atoms with Gasteiger partial charge in [-0.15, -0.1) is 0 Å². The number of nitrogens with one attached hydrogen (secondary N) is 1. The van der Waals surface area contributed by atoms with E-state index in [9.17, 15) is 14.7 Å². The smallest absolute Gasteiger partial charge is 0.335 e. The van der Waals surface area contributed by atoms with Crippen LogP contribution < -0.4 is 15.0 Å². The molecule has 1 aliphatic rings. The number of hydrogen-bond donors (Lipinski definition) is 2. The van der Waals surface area contributed by atoms with Crippen LogP contribution in [0.15, 0.2) is 54.9 Å². The number of amides is 1. The summed E-state index contributed by atoms with van der Waals surface area (Å²) in [5, 5.41) is 12.3. The highest BCUT2D eigenvalue weighted by molar-refractivity contribution is 5.98. The number of pyridine rings is 1. The third-order valence-corrected chi connectivity index (χ3v) is 8.31. The summed E-state index contributed by atoms with van der Waals surface area (Å²) in [6, 6.07) is 14.2. The Morgan fingerprint density at radius 1 is 1.07 bits per heavy atom. The van der Waals surface area contributed by atoms with Crippen molar-refractivity contribution < 1.29 is 19.4 Å². The molecule has 1 atom stereocenters. The summed E-state index contributed by atoms with van der Waals surface area (Å²) in [7, 11) is 1.69. The zero-order valence-electron chi connectivity index (χ0n) is 24.8. The molecule has 3 aromatic rings. The zero-order valence-corrected chi connectivity index (χ0v) is 24.8. The molecule has 1 amide bonds. The van der Waals surface area contributed by atoms with Gasteiger partial charge in [0, 0.05) is 61.9 Å². The summed E-state index contributed by atoms with van der Waals surface area (Å²) >= 11 is 0. The third kappa shape index (κ3) is 7.44. The molecule has 2 heterocycles. The highest BCUT2D eigenvalue weighted by Crippen LogP contribution is 2.29. The van der Waals surface area contributed by atoms with Gasteiger partial charge < -0.3 is 25.0 Å². The number of benzene rings is 2. The highest BCUT2D eigenvalue weighted by atomic mass is 16.5. The van der Waals surface area contributed by atoms with Crippen molar-refractivity contribution in [2.45, 2.75) is 65.6 Å². The zero-order chi connectivity index (χ0) is 29.5. The van der Waals surface area contributed by atoms with Crippen molar-refractivity contribution in [1.82, 2.24) is 15.2 Å².